The summed E-state index contributed by atoms with van der Waals surface area (Å²) in [6.07, 6.45) is 5.26. The quantitative estimate of drug-likeness (QED) is 0.598. The Hall–Kier alpha value is -1.61. The number of hydrogen-bond donors (Lipinski definition) is 0. The number of nitrogens with zero attached hydrogens (tertiary/aromatic N) is 1. The van der Waals surface area contributed by atoms with Crippen LogP contribution >= 0.6 is 11.8 Å². The van der Waals surface area contributed by atoms with Crippen LogP contribution in [0.5, 0.6) is 0 Å². The number of rotatable bonds is 3. The molecule has 1 heterocycles. The molecule has 1 aromatic heterocycles. The number of ketones is 1. The van der Waals surface area contributed by atoms with Gasteiger partial charge >= 0.3 is 0 Å². The van der Waals surface area contributed by atoms with Gasteiger partial charge in [-0.15, -0.1) is 11.8 Å². The molecule has 2 rings (SSSR count). The molecule has 0 amide bonds. The standard InChI is InChI=1S/C13H11NOS/c1-16-12-6-4-10(5-7-12)13(15)11-3-2-8-14-9-11/h2-9H,1H3. The second-order valence-electron chi connectivity index (χ2n) is 3.30. The lowest BCUT2D eigenvalue weighted by atomic mass is 10.1. The molecule has 0 unspecified atom stereocenters. The average Bonchev–Trinajstić information content (AvgIpc) is 2.39. The van der Waals surface area contributed by atoms with Crippen LogP contribution in [0.4, 0.5) is 0 Å². The number of thioether (sulfide) groups is 1. The Morgan fingerprint density at radius 3 is 2.44 bits per heavy atom. The molecule has 0 radical (unpaired) electrons. The normalized spacial score (nSPS) is 10.1. The van der Waals surface area contributed by atoms with Gasteiger partial charge < -0.3 is 0 Å². The molecule has 2 aromatic rings. The van der Waals surface area contributed by atoms with Crippen molar-refractivity contribution in [3.8, 4) is 0 Å². The van der Waals surface area contributed by atoms with Gasteiger partial charge in [0.25, 0.3) is 0 Å². The fraction of sp³-hybridized carbons (Fsp3) is 0.0769. The zero-order valence-electron chi connectivity index (χ0n) is 8.88. The van der Waals surface area contributed by atoms with Crippen LogP contribution in [-0.4, -0.2) is 17.0 Å². The Morgan fingerprint density at radius 2 is 1.88 bits per heavy atom. The van der Waals surface area contributed by atoms with Crippen LogP contribution in [0.25, 0.3) is 0 Å². The third-order valence-corrected chi connectivity index (χ3v) is 3.02. The zero-order chi connectivity index (χ0) is 11.4. The largest absolute Gasteiger partial charge is 0.289 e. The van der Waals surface area contributed by atoms with Crippen molar-refractivity contribution in [2.45, 2.75) is 4.90 Å². The van der Waals surface area contributed by atoms with Gasteiger partial charge in [0.1, 0.15) is 0 Å². The van der Waals surface area contributed by atoms with Gasteiger partial charge in [-0.2, -0.15) is 0 Å². The fourth-order valence-electron chi connectivity index (χ4n) is 1.41. The van der Waals surface area contributed by atoms with Crippen molar-refractivity contribution in [2.75, 3.05) is 6.26 Å². The van der Waals surface area contributed by atoms with Crippen LogP contribution in [0.2, 0.25) is 0 Å². The van der Waals surface area contributed by atoms with E-state index in [0.717, 1.165) is 4.90 Å². The average molecular weight is 229 g/mol. The van der Waals surface area contributed by atoms with Crippen LogP contribution in [0.3, 0.4) is 0 Å². The molecule has 0 N–H and O–H groups in total. The number of carbonyl (C=O) groups is 1. The first-order valence-corrected chi connectivity index (χ1v) is 6.12. The molecule has 16 heavy (non-hydrogen) atoms. The summed E-state index contributed by atoms with van der Waals surface area (Å²) in [5, 5.41) is 0. The van der Waals surface area contributed by atoms with E-state index < -0.39 is 0 Å². The maximum atomic E-state index is 12.0. The summed E-state index contributed by atoms with van der Waals surface area (Å²) in [5.41, 5.74) is 1.32. The first-order valence-electron chi connectivity index (χ1n) is 4.90. The highest BCUT2D eigenvalue weighted by molar-refractivity contribution is 7.98. The van der Waals surface area contributed by atoms with Gasteiger partial charge in [0.15, 0.2) is 5.78 Å². The second-order valence-corrected chi connectivity index (χ2v) is 4.18. The summed E-state index contributed by atoms with van der Waals surface area (Å²) in [4.78, 5) is 17.1. The second kappa shape index (κ2) is 4.94. The number of aromatic nitrogens is 1. The predicted molar refractivity (Wildman–Crippen MR) is 65.9 cm³/mol. The number of carbonyl (C=O) groups excluding carboxylic acids is 1. The van der Waals surface area contributed by atoms with Crippen molar-refractivity contribution in [2.24, 2.45) is 0 Å². The molecule has 3 heteroatoms. The Bertz CT molecular complexity index is 479. The van der Waals surface area contributed by atoms with Crippen molar-refractivity contribution in [3.63, 3.8) is 0 Å². The smallest absolute Gasteiger partial charge is 0.194 e. The van der Waals surface area contributed by atoms with Crippen LogP contribution in [0, 0.1) is 0 Å². The maximum Gasteiger partial charge on any atom is 0.194 e. The highest BCUT2D eigenvalue weighted by atomic mass is 32.2. The summed E-state index contributed by atoms with van der Waals surface area (Å²) in [7, 11) is 0. The van der Waals surface area contributed by atoms with Crippen LogP contribution in [-0.2, 0) is 0 Å². The molecule has 0 saturated heterocycles. The van der Waals surface area contributed by atoms with E-state index in [-0.39, 0.29) is 5.78 Å². The van der Waals surface area contributed by atoms with Gasteiger partial charge in [0, 0.05) is 28.4 Å². The monoisotopic (exact) mass is 229 g/mol. The molecule has 0 spiro atoms. The van der Waals surface area contributed by atoms with E-state index in [2.05, 4.69) is 4.98 Å². The van der Waals surface area contributed by atoms with E-state index in [4.69, 9.17) is 0 Å². The summed E-state index contributed by atoms with van der Waals surface area (Å²) in [6, 6.07) is 11.1. The zero-order valence-corrected chi connectivity index (χ0v) is 9.70. The lowest BCUT2D eigenvalue weighted by Crippen LogP contribution is -2.01. The van der Waals surface area contributed by atoms with E-state index in [1.165, 1.54) is 0 Å². The number of pyridine rings is 1. The predicted octanol–water partition coefficient (Wildman–Crippen LogP) is 3.03. The van der Waals surface area contributed by atoms with E-state index >= 15 is 0 Å². The first-order chi connectivity index (χ1) is 7.81. The van der Waals surface area contributed by atoms with Crippen molar-refractivity contribution >= 4 is 17.5 Å². The highest BCUT2D eigenvalue weighted by Gasteiger charge is 2.08. The van der Waals surface area contributed by atoms with E-state index in [0.29, 0.717) is 11.1 Å². The van der Waals surface area contributed by atoms with Gasteiger partial charge in [0.05, 0.1) is 0 Å². The minimum atomic E-state index is 0.0146. The van der Waals surface area contributed by atoms with Crippen molar-refractivity contribution in [3.05, 3.63) is 59.9 Å². The molecule has 0 fully saturated rings. The number of hydrogen-bond acceptors (Lipinski definition) is 3. The van der Waals surface area contributed by atoms with E-state index in [1.54, 1.807) is 36.3 Å². The lowest BCUT2D eigenvalue weighted by Gasteiger charge is -2.01. The molecule has 80 valence electrons. The molecule has 0 aliphatic heterocycles. The van der Waals surface area contributed by atoms with Crippen molar-refractivity contribution < 1.29 is 4.79 Å². The third-order valence-electron chi connectivity index (χ3n) is 2.28. The van der Waals surface area contributed by atoms with E-state index in [9.17, 15) is 4.79 Å². The molecule has 0 bridgehead atoms. The Balaban J connectivity index is 2.28. The molecule has 1 aromatic carbocycles. The minimum Gasteiger partial charge on any atom is -0.289 e. The summed E-state index contributed by atoms with van der Waals surface area (Å²) < 4.78 is 0. The lowest BCUT2D eigenvalue weighted by molar-refractivity contribution is 0.103. The summed E-state index contributed by atoms with van der Waals surface area (Å²) >= 11 is 1.66. The summed E-state index contributed by atoms with van der Waals surface area (Å²) in [6.45, 7) is 0. The molecular formula is C13H11NOS. The van der Waals surface area contributed by atoms with Gasteiger partial charge in [-0.25, -0.2) is 0 Å². The van der Waals surface area contributed by atoms with Gasteiger partial charge in [-0.05, 0) is 42.7 Å². The molecule has 2 nitrogen and oxygen atoms in total. The number of benzene rings is 1. The molecule has 0 atom stereocenters. The van der Waals surface area contributed by atoms with Crippen molar-refractivity contribution in [1.82, 2.24) is 4.98 Å². The Kier molecular flexibility index (Phi) is 3.37. The Labute approximate surface area is 98.7 Å². The van der Waals surface area contributed by atoms with Gasteiger partial charge in [0.2, 0.25) is 0 Å². The van der Waals surface area contributed by atoms with Crippen LogP contribution < -0.4 is 0 Å². The minimum absolute atomic E-state index is 0.0146. The SMILES string of the molecule is CSc1ccc(C(=O)c2cccnc2)cc1. The molecule has 0 saturated carbocycles. The first kappa shape index (κ1) is 10.9. The van der Waals surface area contributed by atoms with Gasteiger partial charge in [-0.3, -0.25) is 9.78 Å². The molecular weight excluding hydrogens is 218 g/mol. The topological polar surface area (TPSA) is 30.0 Å². The molecule has 0 aliphatic carbocycles. The third kappa shape index (κ3) is 2.31. The summed E-state index contributed by atoms with van der Waals surface area (Å²) in [5.74, 6) is 0.0146. The van der Waals surface area contributed by atoms with E-state index in [1.807, 2.05) is 30.5 Å². The van der Waals surface area contributed by atoms with Crippen LogP contribution in [0.15, 0.2) is 53.7 Å². The van der Waals surface area contributed by atoms with Gasteiger partial charge in [-0.1, -0.05) is 0 Å². The maximum absolute atomic E-state index is 12.0. The van der Waals surface area contributed by atoms with Crippen molar-refractivity contribution in [1.29, 1.82) is 0 Å². The highest BCUT2D eigenvalue weighted by Crippen LogP contribution is 2.16. The fourth-order valence-corrected chi connectivity index (χ4v) is 1.81. The molecule has 0 aliphatic rings. The Morgan fingerprint density at radius 1 is 1.12 bits per heavy atom. The van der Waals surface area contributed by atoms with Crippen LogP contribution in [0.1, 0.15) is 15.9 Å².